The van der Waals surface area contributed by atoms with Crippen molar-refractivity contribution in [2.45, 2.75) is 52.7 Å². The minimum Gasteiger partial charge on any atom is -0.491 e. The first-order valence-corrected chi connectivity index (χ1v) is 11.2. The average molecular weight is 534 g/mol. The first-order valence-electron chi connectivity index (χ1n) is 10.1. The molecule has 0 aliphatic carbocycles. The van der Waals surface area contributed by atoms with E-state index in [4.69, 9.17) is 18.9 Å². The van der Waals surface area contributed by atoms with Crippen molar-refractivity contribution in [1.82, 2.24) is 0 Å². The molecule has 1 heterocycles. The predicted octanol–water partition coefficient (Wildman–Crippen LogP) is 3.35. The Labute approximate surface area is 191 Å². The summed E-state index contributed by atoms with van der Waals surface area (Å²) >= 11 is 2.19. The van der Waals surface area contributed by atoms with Gasteiger partial charge in [-0.05, 0) is 80.5 Å². The minimum absolute atomic E-state index is 0.00347. The Kier molecular flexibility index (Phi) is 8.93. The molecule has 1 aliphatic heterocycles. The summed E-state index contributed by atoms with van der Waals surface area (Å²) in [4.78, 5) is 25.2. The molecule has 0 aromatic heterocycles. The van der Waals surface area contributed by atoms with Gasteiger partial charge in [0.1, 0.15) is 37.8 Å². The summed E-state index contributed by atoms with van der Waals surface area (Å²) in [7, 11) is 0. The third-order valence-corrected chi connectivity index (χ3v) is 5.84. The number of hydrogen-bond donors (Lipinski definition) is 1. The second kappa shape index (κ2) is 10.8. The molecule has 0 amide bonds. The van der Waals surface area contributed by atoms with Gasteiger partial charge in [0.2, 0.25) is 0 Å². The van der Waals surface area contributed by atoms with Gasteiger partial charge in [0.05, 0.1) is 17.4 Å². The molecule has 30 heavy (non-hydrogen) atoms. The first kappa shape index (κ1) is 24.9. The lowest BCUT2D eigenvalue weighted by Crippen LogP contribution is -2.40. The molecule has 0 radical (unpaired) electrons. The highest BCUT2D eigenvalue weighted by Crippen LogP contribution is 2.38. The maximum absolute atomic E-state index is 12.6. The number of ether oxygens (including phenoxy) is 4. The molecule has 7 nitrogen and oxygen atoms in total. The van der Waals surface area contributed by atoms with Gasteiger partial charge in [-0.3, -0.25) is 9.59 Å². The molecule has 3 atom stereocenters. The fraction of sp³-hybridized carbons (Fsp3) is 0.636. The van der Waals surface area contributed by atoms with Crippen LogP contribution in [0.5, 0.6) is 5.75 Å². The molecule has 1 aliphatic rings. The van der Waals surface area contributed by atoms with Crippen LogP contribution in [0.4, 0.5) is 0 Å². The molecule has 1 N–H and O–H groups in total. The largest absolute Gasteiger partial charge is 0.491 e. The van der Waals surface area contributed by atoms with Crippen LogP contribution in [-0.2, 0) is 23.8 Å². The van der Waals surface area contributed by atoms with Crippen molar-refractivity contribution in [2.24, 2.45) is 10.8 Å². The summed E-state index contributed by atoms with van der Waals surface area (Å²) in [5, 5.41) is 10.1. The number of epoxide rings is 1. The van der Waals surface area contributed by atoms with Gasteiger partial charge in [-0.1, -0.05) is 6.92 Å². The highest BCUT2D eigenvalue weighted by atomic mass is 127. The van der Waals surface area contributed by atoms with E-state index in [1.807, 2.05) is 31.2 Å². The maximum atomic E-state index is 12.6. The van der Waals surface area contributed by atoms with Gasteiger partial charge >= 0.3 is 11.9 Å². The molecule has 1 saturated heterocycles. The van der Waals surface area contributed by atoms with Gasteiger partial charge in [-0.2, -0.15) is 0 Å². The van der Waals surface area contributed by atoms with Gasteiger partial charge < -0.3 is 24.1 Å². The molecule has 0 bridgehead atoms. The number of hydrogen-bond acceptors (Lipinski definition) is 7. The molecule has 1 aromatic carbocycles. The maximum Gasteiger partial charge on any atom is 0.311 e. The summed E-state index contributed by atoms with van der Waals surface area (Å²) in [6.45, 7) is 7.83. The van der Waals surface area contributed by atoms with E-state index in [0.29, 0.717) is 18.8 Å². The van der Waals surface area contributed by atoms with E-state index in [9.17, 15) is 14.7 Å². The molecule has 0 saturated carbocycles. The smallest absolute Gasteiger partial charge is 0.311 e. The summed E-state index contributed by atoms with van der Waals surface area (Å²) < 4.78 is 22.3. The number of carbonyl (C=O) groups excluding carboxylic acids is 2. The molecule has 1 fully saturated rings. The Bertz CT molecular complexity index is 715. The highest BCUT2D eigenvalue weighted by Gasteiger charge is 2.43. The topological polar surface area (TPSA) is 94.6 Å². The van der Waals surface area contributed by atoms with E-state index >= 15 is 0 Å². The van der Waals surface area contributed by atoms with Crippen molar-refractivity contribution in [2.75, 3.05) is 26.4 Å². The first-order chi connectivity index (χ1) is 14.1. The normalized spacial score (nSPS) is 18.8. The summed E-state index contributed by atoms with van der Waals surface area (Å²) in [6.07, 6.45) is -0.156. The van der Waals surface area contributed by atoms with Crippen LogP contribution in [-0.4, -0.2) is 55.7 Å². The fourth-order valence-electron chi connectivity index (χ4n) is 3.03. The fourth-order valence-corrected chi connectivity index (χ4v) is 3.39. The minimum atomic E-state index is -0.954. The summed E-state index contributed by atoms with van der Waals surface area (Å²) in [5.74, 6) is -0.184. The lowest BCUT2D eigenvalue weighted by atomic mass is 9.72. The van der Waals surface area contributed by atoms with Crippen molar-refractivity contribution < 1.29 is 33.6 Å². The average Bonchev–Trinajstić information content (AvgIpc) is 3.53. The van der Waals surface area contributed by atoms with E-state index in [2.05, 4.69) is 22.6 Å². The van der Waals surface area contributed by atoms with Crippen LogP contribution >= 0.6 is 22.6 Å². The van der Waals surface area contributed by atoms with Crippen molar-refractivity contribution in [1.29, 1.82) is 0 Å². The Morgan fingerprint density at radius 1 is 1.17 bits per heavy atom. The molecule has 2 rings (SSSR count). The van der Waals surface area contributed by atoms with Crippen molar-refractivity contribution in [3.8, 4) is 5.75 Å². The second-order valence-electron chi connectivity index (χ2n) is 8.55. The lowest BCUT2D eigenvalue weighted by Gasteiger charge is -2.33. The summed E-state index contributed by atoms with van der Waals surface area (Å²) in [5.41, 5.74) is -1.74. The SMILES string of the molecule is CCC(C)(CC(C)(C)C(=O)OCC(O)COc1ccc(I)cc1)C(=O)OCC1CO1. The second-order valence-corrected chi connectivity index (χ2v) is 9.79. The molecule has 0 spiro atoms. The third kappa shape index (κ3) is 7.70. The van der Waals surface area contributed by atoms with Crippen molar-refractivity contribution in [3.63, 3.8) is 0 Å². The number of aliphatic hydroxyl groups excluding tert-OH is 1. The van der Waals surface area contributed by atoms with Crippen LogP contribution in [0.3, 0.4) is 0 Å². The Balaban J connectivity index is 1.80. The number of carbonyl (C=O) groups is 2. The number of aliphatic hydroxyl groups is 1. The molecular formula is C22H31IO7. The predicted molar refractivity (Wildman–Crippen MR) is 119 cm³/mol. The van der Waals surface area contributed by atoms with Crippen molar-refractivity contribution in [3.05, 3.63) is 27.8 Å². The van der Waals surface area contributed by atoms with E-state index in [1.54, 1.807) is 20.8 Å². The van der Waals surface area contributed by atoms with Gasteiger partial charge in [0.25, 0.3) is 0 Å². The number of rotatable bonds is 12. The van der Waals surface area contributed by atoms with Crippen molar-refractivity contribution >= 4 is 34.5 Å². The highest BCUT2D eigenvalue weighted by molar-refractivity contribution is 14.1. The van der Waals surface area contributed by atoms with E-state index in [-0.39, 0.29) is 38.3 Å². The quantitative estimate of drug-likeness (QED) is 0.250. The van der Waals surface area contributed by atoms with Crippen LogP contribution in [0, 0.1) is 14.4 Å². The Hall–Kier alpha value is -1.39. The van der Waals surface area contributed by atoms with Gasteiger partial charge in [0, 0.05) is 3.57 Å². The van der Waals surface area contributed by atoms with Gasteiger partial charge in [0.15, 0.2) is 0 Å². The monoisotopic (exact) mass is 534 g/mol. The van der Waals surface area contributed by atoms with E-state index < -0.39 is 22.9 Å². The number of halogens is 1. The number of benzene rings is 1. The van der Waals surface area contributed by atoms with Crippen LogP contribution in [0.1, 0.15) is 40.5 Å². The van der Waals surface area contributed by atoms with Gasteiger partial charge in [-0.25, -0.2) is 0 Å². The number of esters is 2. The van der Waals surface area contributed by atoms with Crippen LogP contribution in [0.15, 0.2) is 24.3 Å². The molecular weight excluding hydrogens is 503 g/mol. The summed E-state index contributed by atoms with van der Waals surface area (Å²) in [6, 6.07) is 7.42. The van der Waals surface area contributed by atoms with E-state index in [0.717, 1.165) is 3.57 Å². The van der Waals surface area contributed by atoms with Crippen LogP contribution in [0.25, 0.3) is 0 Å². The molecule has 8 heteroatoms. The van der Waals surface area contributed by atoms with E-state index in [1.165, 1.54) is 0 Å². The lowest BCUT2D eigenvalue weighted by molar-refractivity contribution is -0.165. The Morgan fingerprint density at radius 3 is 2.37 bits per heavy atom. The Morgan fingerprint density at radius 2 is 1.80 bits per heavy atom. The molecule has 1 aromatic rings. The third-order valence-electron chi connectivity index (χ3n) is 5.12. The van der Waals surface area contributed by atoms with Crippen LogP contribution in [0.2, 0.25) is 0 Å². The standard InChI is InChI=1S/C22H31IO7/c1-5-22(4,20(26)30-13-18-12-28-18)14-21(2,3)19(25)29-11-16(24)10-27-17-8-6-15(23)7-9-17/h6-9,16,18,24H,5,10-14H2,1-4H3. The molecule has 168 valence electrons. The molecule has 3 unspecified atom stereocenters. The zero-order valence-electron chi connectivity index (χ0n) is 18.0. The van der Waals surface area contributed by atoms with Crippen LogP contribution < -0.4 is 4.74 Å². The van der Waals surface area contributed by atoms with Gasteiger partial charge in [-0.15, -0.1) is 0 Å². The zero-order valence-corrected chi connectivity index (χ0v) is 20.1. The zero-order chi connectivity index (χ0) is 22.4.